The first-order chi connectivity index (χ1) is 15.5. The average Bonchev–Trinajstić information content (AvgIpc) is 3.41. The van der Waals surface area contributed by atoms with E-state index in [0.717, 1.165) is 5.69 Å². The maximum absolute atomic E-state index is 12.3. The van der Waals surface area contributed by atoms with E-state index in [-0.39, 0.29) is 11.2 Å². The van der Waals surface area contributed by atoms with Crippen LogP contribution in [0.25, 0.3) is 21.7 Å². The molecule has 0 saturated heterocycles. The van der Waals surface area contributed by atoms with Gasteiger partial charge in [-0.15, -0.1) is 11.3 Å². The van der Waals surface area contributed by atoms with E-state index in [1.807, 2.05) is 34.2 Å². The van der Waals surface area contributed by atoms with E-state index in [9.17, 15) is 14.9 Å². The Morgan fingerprint density at radius 3 is 2.84 bits per heavy atom. The molecule has 0 atom stereocenters. The lowest BCUT2D eigenvalue weighted by atomic mass is 10.2. The minimum Gasteiger partial charge on any atom is -0.495 e. The third kappa shape index (κ3) is 3.51. The number of rotatable bonds is 6. The van der Waals surface area contributed by atoms with Crippen molar-refractivity contribution in [1.82, 2.24) is 18.9 Å². The Balaban J connectivity index is 1.61. The fraction of sp³-hybridized carbons (Fsp3) is 0.0952. The van der Waals surface area contributed by atoms with Gasteiger partial charge < -0.3 is 4.74 Å². The zero-order chi connectivity index (χ0) is 22.2. The van der Waals surface area contributed by atoms with Crippen LogP contribution in [0, 0.1) is 10.1 Å². The quantitative estimate of drug-likeness (QED) is 0.209. The van der Waals surface area contributed by atoms with Crippen LogP contribution in [0.15, 0.2) is 70.1 Å². The summed E-state index contributed by atoms with van der Waals surface area (Å²) in [6.45, 7) is 0. The van der Waals surface area contributed by atoms with E-state index in [1.165, 1.54) is 45.7 Å². The summed E-state index contributed by atoms with van der Waals surface area (Å²) in [5.74, 6) is 1.05. The highest BCUT2D eigenvalue weighted by Gasteiger charge is 2.19. The molecule has 0 bridgehead atoms. The number of nitro groups is 1. The summed E-state index contributed by atoms with van der Waals surface area (Å²) in [5, 5.41) is 13.7. The summed E-state index contributed by atoms with van der Waals surface area (Å²) in [4.78, 5) is 32.9. The first-order valence-corrected chi connectivity index (χ1v) is 11.3. The Hall–Kier alpha value is -3.70. The molecule has 0 aliphatic heterocycles. The largest absolute Gasteiger partial charge is 0.495 e. The number of nitrogens with zero attached hydrogens (tertiary/aromatic N) is 5. The highest BCUT2D eigenvalue weighted by Crippen LogP contribution is 2.34. The number of benzene rings is 2. The van der Waals surface area contributed by atoms with Crippen molar-refractivity contribution in [2.24, 2.45) is 0 Å². The van der Waals surface area contributed by atoms with E-state index in [2.05, 4.69) is 9.97 Å². The van der Waals surface area contributed by atoms with Gasteiger partial charge in [0.1, 0.15) is 5.75 Å². The van der Waals surface area contributed by atoms with E-state index in [1.54, 1.807) is 19.4 Å². The van der Waals surface area contributed by atoms with Gasteiger partial charge in [0.15, 0.2) is 10.1 Å². The molecule has 0 saturated carbocycles. The lowest BCUT2D eigenvalue weighted by molar-refractivity contribution is -0.384. The number of fused-ring (bicyclic) bond motifs is 2. The number of imidazole rings is 1. The van der Waals surface area contributed by atoms with Gasteiger partial charge in [-0.1, -0.05) is 23.9 Å². The monoisotopic (exact) mass is 465 g/mol. The smallest absolute Gasteiger partial charge is 0.271 e. The molecular weight excluding hydrogens is 450 g/mol. The zero-order valence-corrected chi connectivity index (χ0v) is 18.3. The molecule has 11 heteroatoms. The summed E-state index contributed by atoms with van der Waals surface area (Å²) >= 11 is 2.79. The Bertz CT molecular complexity index is 1540. The van der Waals surface area contributed by atoms with E-state index in [0.29, 0.717) is 38.3 Å². The second-order valence-electron chi connectivity index (χ2n) is 6.76. The maximum atomic E-state index is 12.3. The number of thiazole rings is 1. The normalized spacial score (nSPS) is 11.3. The van der Waals surface area contributed by atoms with Crippen LogP contribution >= 0.6 is 23.1 Å². The molecule has 3 aromatic heterocycles. The van der Waals surface area contributed by atoms with E-state index in [4.69, 9.17) is 4.74 Å². The number of ether oxygens (including phenoxy) is 1. The van der Waals surface area contributed by atoms with Crippen molar-refractivity contribution in [3.8, 4) is 11.4 Å². The van der Waals surface area contributed by atoms with Crippen LogP contribution in [-0.2, 0) is 5.75 Å². The molecule has 9 nitrogen and oxygen atoms in total. The fourth-order valence-electron chi connectivity index (χ4n) is 3.40. The average molecular weight is 466 g/mol. The van der Waals surface area contributed by atoms with Crippen LogP contribution in [0.5, 0.6) is 5.75 Å². The number of methoxy groups -OCH3 is 1. The molecule has 3 heterocycles. The SMILES string of the molecule is COc1ccccc1-n1c(SCc2cc(=O)n3ccsc3n2)nc2cc([N+](=O)[O-])ccc21. The second-order valence-corrected chi connectivity index (χ2v) is 8.58. The number of aromatic nitrogens is 4. The van der Waals surface area contributed by atoms with Gasteiger partial charge in [0.2, 0.25) is 0 Å². The summed E-state index contributed by atoms with van der Waals surface area (Å²) < 4.78 is 8.94. The van der Waals surface area contributed by atoms with Crippen molar-refractivity contribution in [3.05, 3.63) is 86.3 Å². The van der Waals surface area contributed by atoms with Gasteiger partial charge in [-0.05, 0) is 18.2 Å². The number of para-hydroxylation sites is 2. The lowest BCUT2D eigenvalue weighted by Gasteiger charge is -2.12. The van der Waals surface area contributed by atoms with Gasteiger partial charge in [0.05, 0.1) is 34.4 Å². The van der Waals surface area contributed by atoms with Gasteiger partial charge in [0.25, 0.3) is 11.2 Å². The lowest BCUT2D eigenvalue weighted by Crippen LogP contribution is -2.12. The highest BCUT2D eigenvalue weighted by atomic mass is 32.2. The van der Waals surface area contributed by atoms with Crippen molar-refractivity contribution in [1.29, 1.82) is 0 Å². The van der Waals surface area contributed by atoms with Crippen molar-refractivity contribution in [2.75, 3.05) is 7.11 Å². The summed E-state index contributed by atoms with van der Waals surface area (Å²) in [6.07, 6.45) is 1.69. The number of thioether (sulfide) groups is 1. The maximum Gasteiger partial charge on any atom is 0.271 e. The molecule has 2 aromatic carbocycles. The Kier molecular flexibility index (Phi) is 5.11. The van der Waals surface area contributed by atoms with Crippen LogP contribution in [0.2, 0.25) is 0 Å². The molecule has 0 amide bonds. The zero-order valence-electron chi connectivity index (χ0n) is 16.7. The molecule has 5 aromatic rings. The van der Waals surface area contributed by atoms with Crippen LogP contribution < -0.4 is 10.3 Å². The van der Waals surface area contributed by atoms with Gasteiger partial charge in [-0.2, -0.15) is 0 Å². The molecular formula is C21H15N5O4S2. The van der Waals surface area contributed by atoms with Crippen molar-refractivity contribution < 1.29 is 9.66 Å². The van der Waals surface area contributed by atoms with Gasteiger partial charge in [-0.3, -0.25) is 23.9 Å². The van der Waals surface area contributed by atoms with Crippen LogP contribution in [-0.4, -0.2) is 31.0 Å². The predicted octanol–water partition coefficient (Wildman–Crippen LogP) is 4.30. The minimum absolute atomic E-state index is 0.0310. The van der Waals surface area contributed by atoms with Crippen LogP contribution in [0.1, 0.15) is 5.69 Å². The summed E-state index contributed by atoms with van der Waals surface area (Å²) in [6, 6.07) is 13.6. The Labute approximate surface area is 189 Å². The molecule has 0 aliphatic rings. The van der Waals surface area contributed by atoms with Gasteiger partial charge in [-0.25, -0.2) is 9.97 Å². The molecule has 5 rings (SSSR count). The number of hydrogen-bond donors (Lipinski definition) is 0. The fourth-order valence-corrected chi connectivity index (χ4v) is 5.06. The molecule has 0 unspecified atom stereocenters. The van der Waals surface area contributed by atoms with Gasteiger partial charge >= 0.3 is 0 Å². The Morgan fingerprint density at radius 1 is 1.19 bits per heavy atom. The molecule has 32 heavy (non-hydrogen) atoms. The number of non-ortho nitro benzene ring substituents is 1. The van der Waals surface area contributed by atoms with E-state index >= 15 is 0 Å². The minimum atomic E-state index is -0.442. The Morgan fingerprint density at radius 2 is 2.03 bits per heavy atom. The number of nitro benzene ring substituents is 1. The van der Waals surface area contributed by atoms with Crippen molar-refractivity contribution in [2.45, 2.75) is 10.9 Å². The van der Waals surface area contributed by atoms with Crippen LogP contribution in [0.4, 0.5) is 5.69 Å². The first-order valence-electron chi connectivity index (χ1n) is 9.44. The third-order valence-corrected chi connectivity index (χ3v) is 6.58. The molecule has 0 spiro atoms. The molecule has 0 radical (unpaired) electrons. The molecule has 0 aliphatic carbocycles. The number of hydrogen-bond acceptors (Lipinski definition) is 8. The topological polar surface area (TPSA) is 105 Å². The van der Waals surface area contributed by atoms with Gasteiger partial charge in [0, 0.05) is 35.5 Å². The predicted molar refractivity (Wildman–Crippen MR) is 123 cm³/mol. The van der Waals surface area contributed by atoms with E-state index < -0.39 is 4.92 Å². The summed E-state index contributed by atoms with van der Waals surface area (Å²) in [5.41, 5.74) is 2.43. The molecule has 160 valence electrons. The van der Waals surface area contributed by atoms with Crippen molar-refractivity contribution >= 4 is 44.8 Å². The standard InChI is InChI=1S/C21H15N5O4S2/c1-30-18-5-3-2-4-17(18)25-16-7-6-14(26(28)29)11-15(16)23-21(25)32-12-13-10-19(27)24-8-9-31-20(24)22-13/h2-11H,12H2,1H3. The third-order valence-electron chi connectivity index (χ3n) is 4.85. The first kappa shape index (κ1) is 20.2. The highest BCUT2D eigenvalue weighted by molar-refractivity contribution is 7.98. The van der Waals surface area contributed by atoms with Crippen LogP contribution in [0.3, 0.4) is 0 Å². The summed E-state index contributed by atoms with van der Waals surface area (Å²) in [7, 11) is 1.59. The second kappa shape index (κ2) is 8.09. The molecule has 0 fully saturated rings. The molecule has 0 N–H and O–H groups in total. The van der Waals surface area contributed by atoms with Crippen molar-refractivity contribution in [3.63, 3.8) is 0 Å².